The van der Waals surface area contributed by atoms with Gasteiger partial charge in [-0.05, 0) is 68.2 Å². The van der Waals surface area contributed by atoms with Crippen LogP contribution >= 0.6 is 0 Å². The Morgan fingerprint density at radius 1 is 0.774 bits per heavy atom. The van der Waals surface area contributed by atoms with Crippen molar-refractivity contribution in [3.05, 3.63) is 102 Å². The summed E-state index contributed by atoms with van der Waals surface area (Å²) < 4.78 is 0. The summed E-state index contributed by atoms with van der Waals surface area (Å²) in [5, 5.41) is 1.20. The molecule has 1 aliphatic rings. The van der Waals surface area contributed by atoms with Crippen LogP contribution < -0.4 is 4.90 Å². The molecule has 0 unspecified atom stereocenters. The molecule has 0 N–H and O–H groups in total. The first-order valence-electron chi connectivity index (χ1n) is 11.2. The van der Waals surface area contributed by atoms with Gasteiger partial charge in [-0.3, -0.25) is 4.98 Å². The average molecular weight is 408 g/mol. The van der Waals surface area contributed by atoms with E-state index in [0.29, 0.717) is 0 Å². The van der Waals surface area contributed by atoms with Crippen LogP contribution in [0.25, 0.3) is 10.9 Å². The lowest BCUT2D eigenvalue weighted by molar-refractivity contribution is 0.320. The Morgan fingerprint density at radius 2 is 1.42 bits per heavy atom. The zero-order valence-electron chi connectivity index (χ0n) is 18.2. The minimum atomic E-state index is 0.873. The van der Waals surface area contributed by atoms with Crippen molar-refractivity contribution in [2.24, 2.45) is 0 Å². The van der Waals surface area contributed by atoms with Crippen molar-refractivity contribution < 1.29 is 0 Å². The van der Waals surface area contributed by atoms with Crippen molar-refractivity contribution in [3.8, 4) is 0 Å². The maximum atomic E-state index is 4.83. The fourth-order valence-corrected chi connectivity index (χ4v) is 4.66. The van der Waals surface area contributed by atoms with Crippen molar-refractivity contribution in [1.29, 1.82) is 0 Å². The van der Waals surface area contributed by atoms with Crippen LogP contribution in [0.2, 0.25) is 0 Å². The Bertz CT molecular complexity index is 1140. The lowest BCUT2D eigenvalue weighted by Gasteiger charge is -2.28. The number of hydrogen-bond acceptors (Lipinski definition) is 3. The molecule has 3 heteroatoms. The molecule has 3 aromatic carbocycles. The van der Waals surface area contributed by atoms with Gasteiger partial charge < -0.3 is 9.80 Å². The number of rotatable bonds is 6. The lowest BCUT2D eigenvalue weighted by atomic mass is 10.0. The molecule has 4 aromatic rings. The highest BCUT2D eigenvalue weighted by molar-refractivity contribution is 5.78. The highest BCUT2D eigenvalue weighted by atomic mass is 15.2. The van der Waals surface area contributed by atoms with Gasteiger partial charge in [0, 0.05) is 29.9 Å². The third kappa shape index (κ3) is 4.33. The molecular weight excluding hydrogens is 378 g/mol. The first-order chi connectivity index (χ1) is 15.3. The van der Waals surface area contributed by atoms with Crippen LogP contribution in [0.3, 0.4) is 0 Å². The fraction of sp³-hybridized carbons (Fsp3) is 0.250. The van der Waals surface area contributed by atoms with E-state index >= 15 is 0 Å². The number of aryl methyl sites for hydroxylation is 2. The van der Waals surface area contributed by atoms with Crippen LogP contribution in [0.15, 0.2) is 84.9 Å². The summed E-state index contributed by atoms with van der Waals surface area (Å²) in [6, 6.07) is 30.4. The van der Waals surface area contributed by atoms with E-state index in [2.05, 4.69) is 102 Å². The molecule has 5 rings (SSSR count). The van der Waals surface area contributed by atoms with Gasteiger partial charge in [-0.15, -0.1) is 0 Å². The van der Waals surface area contributed by atoms with Crippen molar-refractivity contribution in [3.63, 3.8) is 0 Å². The Hall–Kier alpha value is -3.17. The number of anilines is 2. The maximum absolute atomic E-state index is 4.83. The van der Waals surface area contributed by atoms with Crippen LogP contribution in [0.4, 0.5) is 11.4 Å². The first-order valence-corrected chi connectivity index (χ1v) is 11.2. The molecule has 0 saturated heterocycles. The van der Waals surface area contributed by atoms with Crippen LogP contribution in [0, 0.1) is 0 Å². The molecule has 0 bridgehead atoms. The molecule has 0 spiro atoms. The van der Waals surface area contributed by atoms with Crippen LogP contribution in [0.1, 0.15) is 23.2 Å². The van der Waals surface area contributed by atoms with Crippen molar-refractivity contribution >= 4 is 22.3 Å². The van der Waals surface area contributed by atoms with Gasteiger partial charge in [-0.25, -0.2) is 0 Å². The Labute approximate surface area is 185 Å². The smallest absolute Gasteiger partial charge is 0.0705 e. The Morgan fingerprint density at radius 3 is 2.16 bits per heavy atom. The molecule has 1 aliphatic heterocycles. The molecule has 0 aliphatic carbocycles. The Balaban J connectivity index is 1.27. The SMILES string of the molecule is CN(CCCN1c2ccccc2CCc2ccccc21)Cc1ccc2ccccc2n1. The van der Waals surface area contributed by atoms with Crippen molar-refractivity contribution in [2.75, 3.05) is 25.0 Å². The molecule has 0 amide bonds. The van der Waals surface area contributed by atoms with Gasteiger partial charge in [0.1, 0.15) is 0 Å². The zero-order chi connectivity index (χ0) is 21.0. The predicted octanol–water partition coefficient (Wildman–Crippen LogP) is 5.99. The second-order valence-electron chi connectivity index (χ2n) is 8.50. The molecule has 1 aromatic heterocycles. The number of para-hydroxylation sites is 3. The lowest BCUT2D eigenvalue weighted by Crippen LogP contribution is -2.26. The molecule has 31 heavy (non-hydrogen) atoms. The number of fused-ring (bicyclic) bond motifs is 3. The molecule has 3 nitrogen and oxygen atoms in total. The average Bonchev–Trinajstić information content (AvgIpc) is 2.96. The van der Waals surface area contributed by atoms with Gasteiger partial charge >= 0.3 is 0 Å². The van der Waals surface area contributed by atoms with Gasteiger partial charge in [0.25, 0.3) is 0 Å². The number of benzene rings is 3. The van der Waals surface area contributed by atoms with Crippen LogP contribution in [-0.2, 0) is 19.4 Å². The monoisotopic (exact) mass is 407 g/mol. The summed E-state index contributed by atoms with van der Waals surface area (Å²) in [4.78, 5) is 9.74. The van der Waals surface area contributed by atoms with Gasteiger partial charge in [0.2, 0.25) is 0 Å². The molecular formula is C28H29N3. The van der Waals surface area contributed by atoms with Gasteiger partial charge in [0.15, 0.2) is 0 Å². The molecule has 156 valence electrons. The quantitative estimate of drug-likeness (QED) is 0.391. The first kappa shape index (κ1) is 19.8. The number of hydrogen-bond donors (Lipinski definition) is 0. The predicted molar refractivity (Wildman–Crippen MR) is 130 cm³/mol. The largest absolute Gasteiger partial charge is 0.341 e. The minimum Gasteiger partial charge on any atom is -0.341 e. The summed E-state index contributed by atoms with van der Waals surface area (Å²) in [7, 11) is 2.20. The topological polar surface area (TPSA) is 19.4 Å². The molecule has 2 heterocycles. The summed E-state index contributed by atoms with van der Waals surface area (Å²) in [6.45, 7) is 2.93. The maximum Gasteiger partial charge on any atom is 0.0705 e. The Kier molecular flexibility index (Phi) is 5.68. The number of nitrogens with zero attached hydrogens (tertiary/aromatic N) is 3. The van der Waals surface area contributed by atoms with E-state index in [1.54, 1.807) is 0 Å². The van der Waals surface area contributed by atoms with E-state index < -0.39 is 0 Å². The number of pyridine rings is 1. The fourth-order valence-electron chi connectivity index (χ4n) is 4.66. The summed E-state index contributed by atoms with van der Waals surface area (Å²) in [6.07, 6.45) is 3.32. The molecule has 0 atom stereocenters. The second kappa shape index (κ2) is 8.91. The molecule has 0 radical (unpaired) electrons. The number of aromatic nitrogens is 1. The molecule has 0 saturated carbocycles. The van der Waals surface area contributed by atoms with E-state index in [9.17, 15) is 0 Å². The second-order valence-corrected chi connectivity index (χ2v) is 8.50. The van der Waals surface area contributed by atoms with E-state index in [4.69, 9.17) is 4.98 Å². The third-order valence-corrected chi connectivity index (χ3v) is 6.24. The van der Waals surface area contributed by atoms with Crippen molar-refractivity contribution in [1.82, 2.24) is 9.88 Å². The van der Waals surface area contributed by atoms with E-state index in [0.717, 1.165) is 50.1 Å². The van der Waals surface area contributed by atoms with E-state index in [-0.39, 0.29) is 0 Å². The summed E-state index contributed by atoms with van der Waals surface area (Å²) in [5.74, 6) is 0. The van der Waals surface area contributed by atoms with E-state index in [1.807, 2.05) is 0 Å². The van der Waals surface area contributed by atoms with Gasteiger partial charge in [0.05, 0.1) is 11.2 Å². The molecule has 0 fully saturated rings. The minimum absolute atomic E-state index is 0.873. The van der Waals surface area contributed by atoms with Gasteiger partial charge in [-0.2, -0.15) is 0 Å². The van der Waals surface area contributed by atoms with Crippen LogP contribution in [0.5, 0.6) is 0 Å². The normalized spacial score (nSPS) is 13.2. The van der Waals surface area contributed by atoms with Gasteiger partial charge in [-0.1, -0.05) is 60.7 Å². The highest BCUT2D eigenvalue weighted by Gasteiger charge is 2.19. The van der Waals surface area contributed by atoms with Crippen molar-refractivity contribution in [2.45, 2.75) is 25.8 Å². The van der Waals surface area contributed by atoms with Crippen LogP contribution in [-0.4, -0.2) is 30.0 Å². The third-order valence-electron chi connectivity index (χ3n) is 6.24. The van der Waals surface area contributed by atoms with E-state index in [1.165, 1.54) is 27.9 Å². The standard InChI is InChI=1S/C28H29N3/c1-30(21-25-18-17-22-9-2-5-12-26(22)29-25)19-8-20-31-27-13-6-3-10-23(27)15-16-24-11-4-7-14-28(24)31/h2-7,9-14,17-18H,8,15-16,19-21H2,1H3. The highest BCUT2D eigenvalue weighted by Crippen LogP contribution is 2.35. The zero-order valence-corrected chi connectivity index (χ0v) is 18.2. The summed E-state index contributed by atoms with van der Waals surface area (Å²) >= 11 is 0. The summed E-state index contributed by atoms with van der Waals surface area (Å²) in [5.41, 5.74) is 7.84.